The first-order valence-corrected chi connectivity index (χ1v) is 4.77. The lowest BCUT2D eigenvalue weighted by Gasteiger charge is -2.37. The van der Waals surface area contributed by atoms with Gasteiger partial charge >= 0.3 is 0 Å². The van der Waals surface area contributed by atoms with E-state index in [1.165, 1.54) is 0 Å². The molecule has 0 radical (unpaired) electrons. The first-order chi connectivity index (χ1) is 5.57. The highest BCUT2D eigenvalue weighted by Gasteiger charge is 2.41. The summed E-state index contributed by atoms with van der Waals surface area (Å²) in [5, 5.41) is 36.4. The van der Waals surface area contributed by atoms with Gasteiger partial charge in [-0.25, -0.2) is 0 Å². The fourth-order valence-corrected chi connectivity index (χ4v) is 1.66. The fourth-order valence-electron chi connectivity index (χ4n) is 1.06. The van der Waals surface area contributed by atoms with Crippen molar-refractivity contribution in [3.63, 3.8) is 0 Å². The summed E-state index contributed by atoms with van der Waals surface area (Å²) in [4.78, 5) is 0. The Morgan fingerprint density at radius 3 is 2.25 bits per heavy atom. The highest BCUT2D eigenvalue weighted by molar-refractivity contribution is 14.1. The van der Waals surface area contributed by atoms with Crippen LogP contribution in [0.3, 0.4) is 0 Å². The maximum Gasteiger partial charge on any atom is 0.169 e. The largest absolute Gasteiger partial charge is 0.394 e. The molecule has 1 heterocycles. The van der Waals surface area contributed by atoms with Gasteiger partial charge in [-0.1, -0.05) is 22.6 Å². The van der Waals surface area contributed by atoms with Gasteiger partial charge in [0.25, 0.3) is 0 Å². The third kappa shape index (κ3) is 1.88. The van der Waals surface area contributed by atoms with Crippen molar-refractivity contribution in [1.82, 2.24) is 0 Å². The summed E-state index contributed by atoms with van der Waals surface area (Å²) < 4.78 is 4.25. The van der Waals surface area contributed by atoms with Crippen LogP contribution in [-0.2, 0) is 4.74 Å². The van der Waals surface area contributed by atoms with Crippen LogP contribution in [0.15, 0.2) is 0 Å². The second kappa shape index (κ2) is 4.16. The van der Waals surface area contributed by atoms with Crippen LogP contribution in [0.25, 0.3) is 0 Å². The molecule has 6 heteroatoms. The molecule has 0 aliphatic carbocycles. The lowest BCUT2D eigenvalue weighted by Crippen LogP contribution is -2.56. The average molecular weight is 290 g/mol. The van der Waals surface area contributed by atoms with E-state index in [1.807, 2.05) is 0 Å². The highest BCUT2D eigenvalue weighted by atomic mass is 127. The van der Waals surface area contributed by atoms with Crippen molar-refractivity contribution in [3.8, 4) is 0 Å². The van der Waals surface area contributed by atoms with Crippen LogP contribution in [0.1, 0.15) is 0 Å². The smallest absolute Gasteiger partial charge is 0.169 e. The predicted molar refractivity (Wildman–Crippen MR) is 47.8 cm³/mol. The summed E-state index contributed by atoms with van der Waals surface area (Å²) in [6.45, 7) is -0.418. The molecule has 0 saturated carbocycles. The van der Waals surface area contributed by atoms with Gasteiger partial charge in [-0.3, -0.25) is 0 Å². The first-order valence-electron chi connectivity index (χ1n) is 3.52. The van der Waals surface area contributed by atoms with Gasteiger partial charge in [0.2, 0.25) is 0 Å². The molecule has 0 spiro atoms. The Kier molecular flexibility index (Phi) is 3.68. The van der Waals surface area contributed by atoms with Crippen molar-refractivity contribution in [3.05, 3.63) is 0 Å². The van der Waals surface area contributed by atoms with Gasteiger partial charge in [0, 0.05) is 0 Å². The Hall–Kier alpha value is 0.530. The predicted octanol–water partition coefficient (Wildman–Crippen LogP) is -1.78. The van der Waals surface area contributed by atoms with E-state index in [4.69, 9.17) is 14.9 Å². The number of aliphatic hydroxyl groups excluding tert-OH is 4. The highest BCUT2D eigenvalue weighted by Crippen LogP contribution is 2.24. The van der Waals surface area contributed by atoms with Crippen molar-refractivity contribution in [2.24, 2.45) is 0 Å². The second-order valence-corrected chi connectivity index (χ2v) is 4.11. The normalized spacial score (nSPS) is 49.2. The van der Waals surface area contributed by atoms with E-state index in [0.29, 0.717) is 0 Å². The Morgan fingerprint density at radius 1 is 1.17 bits per heavy atom. The van der Waals surface area contributed by atoms with Gasteiger partial charge in [0.15, 0.2) is 6.29 Å². The van der Waals surface area contributed by atoms with Crippen molar-refractivity contribution in [2.45, 2.75) is 28.5 Å². The van der Waals surface area contributed by atoms with E-state index < -0.39 is 35.1 Å². The lowest BCUT2D eigenvalue weighted by molar-refractivity contribution is -0.231. The molecule has 0 amide bonds. The molecule has 0 aromatic rings. The zero-order valence-corrected chi connectivity index (χ0v) is 8.33. The molecule has 5 atom stereocenters. The molecule has 0 bridgehead atoms. The summed E-state index contributed by atoms with van der Waals surface area (Å²) in [5.74, 6) is 0. The minimum Gasteiger partial charge on any atom is -0.394 e. The molecule has 1 fully saturated rings. The van der Waals surface area contributed by atoms with E-state index in [0.717, 1.165) is 0 Å². The van der Waals surface area contributed by atoms with Gasteiger partial charge < -0.3 is 25.2 Å². The van der Waals surface area contributed by atoms with E-state index in [1.54, 1.807) is 22.6 Å². The van der Waals surface area contributed by atoms with E-state index in [2.05, 4.69) is 0 Å². The average Bonchev–Trinajstić information content (AvgIpc) is 2.08. The van der Waals surface area contributed by atoms with E-state index in [-0.39, 0.29) is 0 Å². The molecular formula is C6H11IO5. The third-order valence-electron chi connectivity index (χ3n) is 1.82. The molecule has 0 aromatic heterocycles. The van der Waals surface area contributed by atoms with Crippen molar-refractivity contribution in [2.75, 3.05) is 6.61 Å². The van der Waals surface area contributed by atoms with Gasteiger partial charge in [-0.15, -0.1) is 0 Å². The van der Waals surface area contributed by atoms with Gasteiger partial charge in [0.1, 0.15) is 12.2 Å². The molecule has 5 nitrogen and oxygen atoms in total. The minimum atomic E-state index is -1.14. The van der Waals surface area contributed by atoms with Crippen LogP contribution in [0.2, 0.25) is 0 Å². The zero-order chi connectivity index (χ0) is 9.30. The van der Waals surface area contributed by atoms with Crippen molar-refractivity contribution < 1.29 is 25.2 Å². The number of halogens is 1. The third-order valence-corrected chi connectivity index (χ3v) is 3.18. The lowest BCUT2D eigenvalue weighted by atomic mass is 10.0. The fraction of sp³-hybridized carbons (Fsp3) is 1.00. The molecular weight excluding hydrogens is 279 g/mol. The summed E-state index contributed by atoms with van der Waals surface area (Å²) in [7, 11) is 0. The molecule has 1 unspecified atom stereocenters. The maximum absolute atomic E-state index is 9.31. The van der Waals surface area contributed by atoms with Crippen LogP contribution in [0, 0.1) is 0 Å². The molecule has 4 N–H and O–H groups in total. The topological polar surface area (TPSA) is 90.2 Å². The molecule has 1 saturated heterocycles. The second-order valence-electron chi connectivity index (χ2n) is 2.67. The van der Waals surface area contributed by atoms with Crippen LogP contribution >= 0.6 is 22.6 Å². The van der Waals surface area contributed by atoms with Crippen molar-refractivity contribution >= 4 is 22.6 Å². The quantitative estimate of drug-likeness (QED) is 0.339. The number of hydrogen-bond acceptors (Lipinski definition) is 5. The van der Waals surface area contributed by atoms with E-state index >= 15 is 0 Å². The Balaban J connectivity index is 2.63. The summed E-state index contributed by atoms with van der Waals surface area (Å²) in [6.07, 6.45) is -4.24. The summed E-state index contributed by atoms with van der Waals surface area (Å²) >= 11 is 1.78. The SMILES string of the molecule is OC[C@H]1O[C@@H](O)C(I)[C@@H](O)[C@H]1O. The number of alkyl halides is 1. The molecule has 1 aliphatic heterocycles. The number of ether oxygens (including phenoxy) is 1. The van der Waals surface area contributed by atoms with Crippen LogP contribution in [0.4, 0.5) is 0 Å². The monoisotopic (exact) mass is 290 g/mol. The minimum absolute atomic E-state index is 0.418. The van der Waals surface area contributed by atoms with E-state index in [9.17, 15) is 10.2 Å². The molecule has 0 aromatic carbocycles. The first kappa shape index (κ1) is 10.6. The standard InChI is InChI=1S/C6H11IO5/c7-3-5(10)4(9)2(1-8)12-6(3)11/h2-6,8-11H,1H2/t2-,3?,4+,5-,6-/m1/s1. The van der Waals surface area contributed by atoms with Crippen LogP contribution in [0.5, 0.6) is 0 Å². The summed E-state index contributed by atoms with van der Waals surface area (Å²) in [6, 6.07) is 0. The zero-order valence-electron chi connectivity index (χ0n) is 6.17. The van der Waals surface area contributed by atoms with Crippen molar-refractivity contribution in [1.29, 1.82) is 0 Å². The molecule has 1 rings (SSSR count). The number of rotatable bonds is 1. The maximum atomic E-state index is 9.31. The molecule has 72 valence electrons. The van der Waals surface area contributed by atoms with Gasteiger partial charge in [-0.05, 0) is 0 Å². The van der Waals surface area contributed by atoms with Crippen LogP contribution in [-0.4, -0.2) is 55.6 Å². The van der Waals surface area contributed by atoms with Gasteiger partial charge in [-0.2, -0.15) is 0 Å². The Morgan fingerprint density at radius 2 is 1.75 bits per heavy atom. The Bertz CT molecular complexity index is 150. The molecule has 12 heavy (non-hydrogen) atoms. The Labute approximate surface area is 83.1 Å². The summed E-state index contributed by atoms with van der Waals surface area (Å²) in [5.41, 5.74) is 0. The van der Waals surface area contributed by atoms with Gasteiger partial charge in [0.05, 0.1) is 16.6 Å². The number of aliphatic hydroxyl groups is 4. The molecule has 1 aliphatic rings. The van der Waals surface area contributed by atoms with Crippen LogP contribution < -0.4 is 0 Å². The number of hydrogen-bond donors (Lipinski definition) is 4.